The third kappa shape index (κ3) is 3.28. The lowest BCUT2D eigenvalue weighted by Crippen LogP contribution is -2.34. The summed E-state index contributed by atoms with van der Waals surface area (Å²) in [6, 6.07) is 13.7. The van der Waals surface area contributed by atoms with Gasteiger partial charge >= 0.3 is 0 Å². The summed E-state index contributed by atoms with van der Waals surface area (Å²) in [5, 5.41) is 3.14. The molecule has 1 saturated heterocycles. The van der Waals surface area contributed by atoms with Crippen LogP contribution in [0.5, 0.6) is 0 Å². The molecule has 0 spiro atoms. The summed E-state index contributed by atoms with van der Waals surface area (Å²) < 4.78 is 5.30. The van der Waals surface area contributed by atoms with E-state index in [1.807, 2.05) is 42.5 Å². The van der Waals surface area contributed by atoms with Gasteiger partial charge in [-0.1, -0.05) is 30.3 Å². The minimum atomic E-state index is -0.151. The molecular formula is C17H18N2O2. The number of carbonyl (C=O) groups is 1. The van der Waals surface area contributed by atoms with Gasteiger partial charge in [-0.05, 0) is 29.7 Å². The van der Waals surface area contributed by atoms with E-state index in [9.17, 15) is 4.79 Å². The van der Waals surface area contributed by atoms with Crippen LogP contribution in [0.1, 0.15) is 23.6 Å². The number of hydrogen-bond acceptors (Lipinski definition) is 3. The van der Waals surface area contributed by atoms with Gasteiger partial charge in [0, 0.05) is 19.0 Å². The highest BCUT2D eigenvalue weighted by atomic mass is 16.5. The zero-order valence-corrected chi connectivity index (χ0v) is 11.7. The van der Waals surface area contributed by atoms with E-state index in [0.717, 1.165) is 17.5 Å². The van der Waals surface area contributed by atoms with Crippen LogP contribution in [0.4, 0.5) is 0 Å². The molecule has 108 valence electrons. The lowest BCUT2D eigenvalue weighted by molar-refractivity contribution is -0.125. The van der Waals surface area contributed by atoms with E-state index in [0.29, 0.717) is 13.2 Å². The Balaban J connectivity index is 1.84. The van der Waals surface area contributed by atoms with E-state index in [1.54, 1.807) is 12.4 Å². The Labute approximate surface area is 124 Å². The molecule has 4 nitrogen and oxygen atoms in total. The summed E-state index contributed by atoms with van der Waals surface area (Å²) in [6.07, 6.45) is 4.29. The van der Waals surface area contributed by atoms with Crippen LogP contribution in [-0.2, 0) is 9.53 Å². The highest BCUT2D eigenvalue weighted by Crippen LogP contribution is 2.23. The number of carbonyl (C=O) groups excluding carboxylic acids is 1. The first kappa shape index (κ1) is 13.8. The number of pyridine rings is 1. The molecule has 1 N–H and O–H groups in total. The standard InChI is InChI=1S/C17H18N2O2/c20-17(15-8-11-21-12-15)19-16(13-4-2-1-3-5-13)14-6-9-18-10-7-14/h1-7,9-10,15-16H,8,11-12H2,(H,19,20)/t15-,16+/m1/s1. The normalized spacial score (nSPS) is 19.1. The maximum Gasteiger partial charge on any atom is 0.226 e. The van der Waals surface area contributed by atoms with Gasteiger partial charge in [-0.15, -0.1) is 0 Å². The Bertz CT molecular complexity index is 541. The van der Waals surface area contributed by atoms with E-state index in [1.165, 1.54) is 0 Å². The fourth-order valence-electron chi connectivity index (χ4n) is 2.56. The zero-order valence-electron chi connectivity index (χ0n) is 11.7. The van der Waals surface area contributed by atoms with Gasteiger partial charge in [0.15, 0.2) is 0 Å². The van der Waals surface area contributed by atoms with Gasteiger partial charge < -0.3 is 10.1 Å². The maximum atomic E-state index is 12.4. The molecule has 21 heavy (non-hydrogen) atoms. The first-order chi connectivity index (χ1) is 10.3. The third-order valence-electron chi connectivity index (χ3n) is 3.76. The molecule has 1 aromatic heterocycles. The summed E-state index contributed by atoms with van der Waals surface area (Å²) in [5.74, 6) is 0.0104. The van der Waals surface area contributed by atoms with Crippen LogP contribution in [0.3, 0.4) is 0 Å². The quantitative estimate of drug-likeness (QED) is 0.936. The van der Waals surface area contributed by atoms with E-state index >= 15 is 0 Å². The average molecular weight is 282 g/mol. The summed E-state index contributed by atoms with van der Waals surface area (Å²) in [7, 11) is 0. The zero-order chi connectivity index (χ0) is 14.5. The largest absolute Gasteiger partial charge is 0.381 e. The molecule has 0 saturated carbocycles. The Kier molecular flexibility index (Phi) is 4.26. The van der Waals surface area contributed by atoms with Gasteiger partial charge in [-0.25, -0.2) is 0 Å². The van der Waals surface area contributed by atoms with Gasteiger partial charge in [-0.2, -0.15) is 0 Å². The lowest BCUT2D eigenvalue weighted by atomic mass is 9.98. The van der Waals surface area contributed by atoms with E-state index in [4.69, 9.17) is 4.74 Å². The van der Waals surface area contributed by atoms with Gasteiger partial charge in [0.05, 0.1) is 18.6 Å². The van der Waals surface area contributed by atoms with Crippen LogP contribution in [0.15, 0.2) is 54.9 Å². The molecule has 2 heterocycles. The van der Waals surface area contributed by atoms with Crippen LogP contribution in [0.25, 0.3) is 0 Å². The van der Waals surface area contributed by atoms with E-state index in [-0.39, 0.29) is 17.9 Å². The summed E-state index contributed by atoms with van der Waals surface area (Å²) in [6.45, 7) is 1.19. The second-order valence-corrected chi connectivity index (χ2v) is 5.19. The minimum absolute atomic E-state index is 0.0435. The van der Waals surface area contributed by atoms with Crippen LogP contribution in [0, 0.1) is 5.92 Å². The van der Waals surface area contributed by atoms with Crippen LogP contribution >= 0.6 is 0 Å². The number of aromatic nitrogens is 1. The van der Waals surface area contributed by atoms with E-state index in [2.05, 4.69) is 10.3 Å². The van der Waals surface area contributed by atoms with Crippen LogP contribution < -0.4 is 5.32 Å². The molecule has 1 aliphatic rings. The second-order valence-electron chi connectivity index (χ2n) is 5.19. The van der Waals surface area contributed by atoms with Crippen molar-refractivity contribution in [1.82, 2.24) is 10.3 Å². The van der Waals surface area contributed by atoms with Crippen LogP contribution in [0.2, 0.25) is 0 Å². The Morgan fingerprint density at radius 1 is 1.14 bits per heavy atom. The third-order valence-corrected chi connectivity index (χ3v) is 3.76. The first-order valence-corrected chi connectivity index (χ1v) is 7.17. The van der Waals surface area contributed by atoms with E-state index < -0.39 is 0 Å². The summed E-state index contributed by atoms with van der Waals surface area (Å²) in [4.78, 5) is 16.4. The molecule has 4 heteroatoms. The average Bonchev–Trinajstić information content (AvgIpc) is 3.09. The molecule has 0 aliphatic carbocycles. The molecular weight excluding hydrogens is 264 g/mol. The van der Waals surface area contributed by atoms with Gasteiger partial charge in [0.25, 0.3) is 0 Å². The number of ether oxygens (including phenoxy) is 1. The molecule has 0 bridgehead atoms. The van der Waals surface area contributed by atoms with Crippen molar-refractivity contribution in [2.24, 2.45) is 5.92 Å². The Morgan fingerprint density at radius 3 is 2.52 bits per heavy atom. The molecule has 1 amide bonds. The molecule has 0 unspecified atom stereocenters. The molecule has 0 radical (unpaired) electrons. The maximum absolute atomic E-state index is 12.4. The number of nitrogens with zero attached hydrogens (tertiary/aromatic N) is 1. The Morgan fingerprint density at radius 2 is 1.86 bits per heavy atom. The number of hydrogen-bond donors (Lipinski definition) is 1. The number of nitrogens with one attached hydrogen (secondary N) is 1. The van der Waals surface area contributed by atoms with Gasteiger partial charge in [0.1, 0.15) is 0 Å². The van der Waals surface area contributed by atoms with Crippen molar-refractivity contribution in [3.63, 3.8) is 0 Å². The number of amides is 1. The van der Waals surface area contributed by atoms with Gasteiger partial charge in [0.2, 0.25) is 5.91 Å². The molecule has 2 atom stereocenters. The predicted octanol–water partition coefficient (Wildman–Crippen LogP) is 2.32. The number of rotatable bonds is 4. The monoisotopic (exact) mass is 282 g/mol. The SMILES string of the molecule is O=C(N[C@@H](c1ccccc1)c1ccncc1)[C@@H]1CCOC1. The number of benzene rings is 1. The van der Waals surface area contributed by atoms with Crippen molar-refractivity contribution in [3.8, 4) is 0 Å². The first-order valence-electron chi connectivity index (χ1n) is 7.17. The molecule has 1 aliphatic heterocycles. The summed E-state index contributed by atoms with van der Waals surface area (Å²) in [5.41, 5.74) is 2.10. The van der Waals surface area contributed by atoms with Crippen molar-refractivity contribution in [3.05, 3.63) is 66.0 Å². The summed E-state index contributed by atoms with van der Waals surface area (Å²) >= 11 is 0. The predicted molar refractivity (Wildman–Crippen MR) is 79.6 cm³/mol. The molecule has 3 rings (SSSR count). The molecule has 1 aromatic carbocycles. The highest BCUT2D eigenvalue weighted by molar-refractivity contribution is 5.80. The molecule has 2 aromatic rings. The van der Waals surface area contributed by atoms with Crippen molar-refractivity contribution >= 4 is 5.91 Å². The van der Waals surface area contributed by atoms with Crippen LogP contribution in [-0.4, -0.2) is 24.1 Å². The minimum Gasteiger partial charge on any atom is -0.381 e. The highest BCUT2D eigenvalue weighted by Gasteiger charge is 2.26. The molecule has 1 fully saturated rings. The van der Waals surface area contributed by atoms with Crippen molar-refractivity contribution < 1.29 is 9.53 Å². The Hall–Kier alpha value is -2.20. The van der Waals surface area contributed by atoms with Crippen molar-refractivity contribution in [1.29, 1.82) is 0 Å². The smallest absolute Gasteiger partial charge is 0.226 e. The fourth-order valence-corrected chi connectivity index (χ4v) is 2.56. The van der Waals surface area contributed by atoms with Gasteiger partial charge in [-0.3, -0.25) is 9.78 Å². The van der Waals surface area contributed by atoms with Crippen molar-refractivity contribution in [2.75, 3.05) is 13.2 Å². The lowest BCUT2D eigenvalue weighted by Gasteiger charge is -2.21. The van der Waals surface area contributed by atoms with Crippen molar-refractivity contribution in [2.45, 2.75) is 12.5 Å². The topological polar surface area (TPSA) is 51.2 Å². The fraction of sp³-hybridized carbons (Fsp3) is 0.294. The second kappa shape index (κ2) is 6.50.